The maximum atomic E-state index is 12.0. The smallest absolute Gasteiger partial charge is 0.320 e. The third-order valence-electron chi connectivity index (χ3n) is 2.96. The molecule has 0 radical (unpaired) electrons. The minimum Gasteiger partial charge on any atom is -0.320 e. The second kappa shape index (κ2) is 4.14. The lowest BCUT2D eigenvalue weighted by atomic mass is 10.3. The maximum absolute atomic E-state index is 12.0. The highest BCUT2D eigenvalue weighted by Crippen LogP contribution is 2.13. The van der Waals surface area contributed by atoms with Crippen LogP contribution >= 0.6 is 0 Å². The van der Waals surface area contributed by atoms with Gasteiger partial charge in [-0.3, -0.25) is 18.7 Å². The van der Waals surface area contributed by atoms with E-state index in [-0.39, 0.29) is 0 Å². The number of carbonyl (C=O) groups excluding carboxylic acids is 1. The van der Waals surface area contributed by atoms with Crippen LogP contribution in [0.5, 0.6) is 0 Å². The molecule has 0 aliphatic carbocycles. The molecule has 2 heterocycles. The Bertz CT molecular complexity index is 761. The van der Waals surface area contributed by atoms with Crippen LogP contribution in [0.15, 0.2) is 28.3 Å². The quantitative estimate of drug-likeness (QED) is 0.568. The van der Waals surface area contributed by atoms with Gasteiger partial charge in [-0.2, -0.15) is 0 Å². The van der Waals surface area contributed by atoms with Gasteiger partial charge in [0.1, 0.15) is 5.65 Å². The fourth-order valence-corrected chi connectivity index (χ4v) is 2.08. The van der Waals surface area contributed by atoms with Gasteiger partial charge in [-0.15, -0.1) is 6.58 Å². The summed E-state index contributed by atoms with van der Waals surface area (Å²) in [5, 5.41) is 0.351. The third-order valence-corrected chi connectivity index (χ3v) is 2.96. The number of allylic oxidation sites excluding steroid dienone is 1. The molecular weight excluding hydrogens is 234 g/mol. The highest BCUT2D eigenvalue weighted by Gasteiger charge is 2.15. The predicted molar refractivity (Wildman–Crippen MR) is 68.0 cm³/mol. The van der Waals surface area contributed by atoms with E-state index >= 15 is 0 Å². The van der Waals surface area contributed by atoms with Crippen molar-refractivity contribution in [1.29, 1.82) is 0 Å². The van der Waals surface area contributed by atoms with Gasteiger partial charge in [0.15, 0.2) is 6.29 Å². The molecule has 2 aromatic rings. The molecule has 0 saturated carbocycles. The van der Waals surface area contributed by atoms with Gasteiger partial charge in [0.2, 0.25) is 0 Å². The fourth-order valence-electron chi connectivity index (χ4n) is 2.08. The van der Waals surface area contributed by atoms with E-state index in [2.05, 4.69) is 6.58 Å². The molecular formula is C12H13N3O3. The van der Waals surface area contributed by atoms with Crippen molar-refractivity contribution in [3.8, 4) is 0 Å². The molecule has 0 saturated heterocycles. The van der Waals surface area contributed by atoms with Gasteiger partial charge in [-0.05, 0) is 6.07 Å². The molecule has 0 unspecified atom stereocenters. The largest absolute Gasteiger partial charge is 0.332 e. The summed E-state index contributed by atoms with van der Waals surface area (Å²) in [6, 6.07) is 1.49. The van der Waals surface area contributed by atoms with Gasteiger partial charge in [0.25, 0.3) is 5.56 Å². The molecule has 0 aromatic carbocycles. The summed E-state index contributed by atoms with van der Waals surface area (Å²) in [7, 11) is 2.98. The van der Waals surface area contributed by atoms with Gasteiger partial charge in [-0.1, -0.05) is 6.08 Å². The lowest BCUT2D eigenvalue weighted by Gasteiger charge is -2.08. The van der Waals surface area contributed by atoms with E-state index in [4.69, 9.17) is 0 Å². The first-order valence-electron chi connectivity index (χ1n) is 5.38. The number of hydrogen-bond donors (Lipinski definition) is 0. The van der Waals surface area contributed by atoms with Crippen LogP contribution in [0, 0.1) is 0 Å². The van der Waals surface area contributed by atoms with Crippen LogP contribution in [0.2, 0.25) is 0 Å². The molecule has 0 spiro atoms. The molecule has 18 heavy (non-hydrogen) atoms. The number of aldehydes is 1. The highest BCUT2D eigenvalue weighted by atomic mass is 16.2. The van der Waals surface area contributed by atoms with E-state index in [1.165, 1.54) is 17.7 Å². The lowest BCUT2D eigenvalue weighted by molar-refractivity contribution is 0.111. The average molecular weight is 247 g/mol. The molecule has 0 amide bonds. The van der Waals surface area contributed by atoms with Gasteiger partial charge in [0.05, 0.1) is 11.1 Å². The minimum atomic E-state index is -0.423. The zero-order valence-corrected chi connectivity index (χ0v) is 10.2. The van der Waals surface area contributed by atoms with Crippen molar-refractivity contribution in [2.45, 2.75) is 6.54 Å². The van der Waals surface area contributed by atoms with E-state index in [0.717, 1.165) is 4.57 Å². The Morgan fingerprint density at radius 2 is 1.94 bits per heavy atom. The van der Waals surface area contributed by atoms with Crippen molar-refractivity contribution >= 4 is 17.3 Å². The number of carbonyl (C=O) groups is 1. The number of nitrogens with zero attached hydrogens (tertiary/aromatic N) is 3. The molecule has 6 nitrogen and oxygen atoms in total. The van der Waals surface area contributed by atoms with Gasteiger partial charge < -0.3 is 4.57 Å². The zero-order valence-electron chi connectivity index (χ0n) is 10.2. The van der Waals surface area contributed by atoms with Gasteiger partial charge in [-0.25, -0.2) is 4.79 Å². The SMILES string of the molecule is C=CCn1c(C=O)cc2c(=O)n(C)c(=O)n(C)c21. The van der Waals surface area contributed by atoms with E-state index < -0.39 is 11.2 Å². The molecule has 0 bridgehead atoms. The van der Waals surface area contributed by atoms with Crippen molar-refractivity contribution in [3.05, 3.63) is 45.3 Å². The van der Waals surface area contributed by atoms with E-state index in [1.54, 1.807) is 17.7 Å². The Morgan fingerprint density at radius 1 is 1.28 bits per heavy atom. The number of aromatic nitrogens is 3. The van der Waals surface area contributed by atoms with Gasteiger partial charge in [0, 0.05) is 20.6 Å². The normalized spacial score (nSPS) is 10.8. The van der Waals surface area contributed by atoms with Crippen molar-refractivity contribution in [1.82, 2.24) is 13.7 Å². The first kappa shape index (κ1) is 12.1. The molecule has 94 valence electrons. The molecule has 0 aliphatic rings. The van der Waals surface area contributed by atoms with Crippen LogP contribution in [0.3, 0.4) is 0 Å². The van der Waals surface area contributed by atoms with Crippen LogP contribution in [0.1, 0.15) is 10.5 Å². The highest BCUT2D eigenvalue weighted by molar-refractivity contribution is 5.86. The van der Waals surface area contributed by atoms with E-state index in [9.17, 15) is 14.4 Å². The Labute approximate surface area is 102 Å². The first-order valence-corrected chi connectivity index (χ1v) is 5.38. The summed E-state index contributed by atoms with van der Waals surface area (Å²) >= 11 is 0. The van der Waals surface area contributed by atoms with Crippen molar-refractivity contribution in [3.63, 3.8) is 0 Å². The minimum absolute atomic E-state index is 0.350. The van der Waals surface area contributed by atoms with Crippen LogP contribution in [0.4, 0.5) is 0 Å². The van der Waals surface area contributed by atoms with E-state index in [0.29, 0.717) is 29.6 Å². The Balaban J connectivity index is 3.09. The summed E-state index contributed by atoms with van der Waals surface area (Å²) < 4.78 is 3.97. The molecule has 0 fully saturated rings. The topological polar surface area (TPSA) is 66.0 Å². The Hall–Kier alpha value is -2.37. The second-order valence-electron chi connectivity index (χ2n) is 4.03. The van der Waals surface area contributed by atoms with Crippen LogP contribution in [-0.2, 0) is 20.6 Å². The Kier molecular flexibility index (Phi) is 2.78. The summed E-state index contributed by atoms with van der Waals surface area (Å²) in [6.45, 7) is 3.96. The molecule has 2 rings (SSSR count). The van der Waals surface area contributed by atoms with Crippen LogP contribution in [0.25, 0.3) is 11.0 Å². The van der Waals surface area contributed by atoms with E-state index in [1.807, 2.05) is 0 Å². The average Bonchev–Trinajstić information content (AvgIpc) is 2.73. The first-order chi connectivity index (χ1) is 8.52. The number of fused-ring (bicyclic) bond motifs is 1. The molecule has 6 heteroatoms. The number of aryl methyl sites for hydroxylation is 1. The molecule has 2 aromatic heterocycles. The molecule has 0 aliphatic heterocycles. The van der Waals surface area contributed by atoms with Crippen LogP contribution in [-0.4, -0.2) is 20.0 Å². The summed E-state index contributed by atoms with van der Waals surface area (Å²) in [6.07, 6.45) is 2.27. The van der Waals surface area contributed by atoms with Crippen LogP contribution < -0.4 is 11.2 Å². The second-order valence-corrected chi connectivity index (χ2v) is 4.03. The van der Waals surface area contributed by atoms with Crippen molar-refractivity contribution in [2.75, 3.05) is 0 Å². The standard InChI is InChI=1S/C12H13N3O3/c1-4-5-15-8(7-16)6-9-10(15)13(2)12(18)14(3)11(9)17/h4,6-7H,1,5H2,2-3H3. The Morgan fingerprint density at radius 3 is 2.50 bits per heavy atom. The number of hydrogen-bond acceptors (Lipinski definition) is 3. The monoisotopic (exact) mass is 247 g/mol. The molecule has 0 N–H and O–H groups in total. The van der Waals surface area contributed by atoms with Crippen molar-refractivity contribution in [2.24, 2.45) is 14.1 Å². The summed E-state index contributed by atoms with van der Waals surface area (Å²) in [5.41, 5.74) is -0.0410. The zero-order chi connectivity index (χ0) is 13.4. The fraction of sp³-hybridized carbons (Fsp3) is 0.250. The summed E-state index contributed by atoms with van der Waals surface area (Å²) in [5.74, 6) is 0. The van der Waals surface area contributed by atoms with Crippen molar-refractivity contribution < 1.29 is 4.79 Å². The number of rotatable bonds is 3. The molecule has 0 atom stereocenters. The van der Waals surface area contributed by atoms with Gasteiger partial charge >= 0.3 is 5.69 Å². The summed E-state index contributed by atoms with van der Waals surface area (Å²) in [4.78, 5) is 34.9. The predicted octanol–water partition coefficient (Wildman–Crippen LogP) is 0.0372. The third kappa shape index (κ3) is 1.46. The lowest BCUT2D eigenvalue weighted by Crippen LogP contribution is -2.37. The maximum Gasteiger partial charge on any atom is 0.332 e.